The summed E-state index contributed by atoms with van der Waals surface area (Å²) in [6.45, 7) is 0.503. The number of amides is 1. The molecule has 2 aromatic heterocycles. The van der Waals surface area contributed by atoms with Gasteiger partial charge in [0.15, 0.2) is 4.77 Å². The molecule has 118 valence electrons. The SMILES string of the molecule is CN(Cc1ccc(Cl)s1)C(=O)c1c[nH]c(=S)n1-c1ccccc1. The van der Waals surface area contributed by atoms with Gasteiger partial charge in [0.05, 0.1) is 10.9 Å². The summed E-state index contributed by atoms with van der Waals surface area (Å²) in [5.74, 6) is -0.106. The summed E-state index contributed by atoms with van der Waals surface area (Å²) < 4.78 is 2.96. The zero-order valence-corrected chi connectivity index (χ0v) is 14.7. The van der Waals surface area contributed by atoms with E-state index in [1.165, 1.54) is 11.3 Å². The average molecular weight is 364 g/mol. The molecule has 1 aromatic carbocycles. The number of halogens is 1. The number of rotatable bonds is 4. The van der Waals surface area contributed by atoms with Crippen LogP contribution in [-0.2, 0) is 6.54 Å². The number of carbonyl (C=O) groups excluding carboxylic acids is 1. The highest BCUT2D eigenvalue weighted by Gasteiger charge is 2.18. The molecular weight excluding hydrogens is 350 g/mol. The second-order valence-electron chi connectivity index (χ2n) is 5.02. The fourth-order valence-electron chi connectivity index (χ4n) is 2.30. The fourth-order valence-corrected chi connectivity index (χ4v) is 3.70. The molecule has 1 N–H and O–H groups in total. The molecule has 7 heteroatoms. The molecule has 0 unspecified atom stereocenters. The number of aromatic amines is 1. The Bertz CT molecular complexity index is 882. The monoisotopic (exact) mass is 363 g/mol. The first-order valence-electron chi connectivity index (χ1n) is 6.92. The highest BCUT2D eigenvalue weighted by molar-refractivity contribution is 7.71. The van der Waals surface area contributed by atoms with Crippen LogP contribution in [0.25, 0.3) is 5.69 Å². The maximum absolute atomic E-state index is 12.8. The van der Waals surface area contributed by atoms with E-state index < -0.39 is 0 Å². The van der Waals surface area contributed by atoms with Crippen LogP contribution < -0.4 is 0 Å². The lowest BCUT2D eigenvalue weighted by atomic mass is 10.3. The summed E-state index contributed by atoms with van der Waals surface area (Å²) in [5, 5.41) is 0. The van der Waals surface area contributed by atoms with Crippen LogP contribution in [-0.4, -0.2) is 27.4 Å². The summed E-state index contributed by atoms with van der Waals surface area (Å²) in [6, 6.07) is 13.3. The van der Waals surface area contributed by atoms with Crippen LogP contribution in [0.3, 0.4) is 0 Å². The molecule has 0 aliphatic heterocycles. The molecule has 1 amide bonds. The molecule has 0 bridgehead atoms. The second kappa shape index (κ2) is 6.70. The summed E-state index contributed by atoms with van der Waals surface area (Å²) in [7, 11) is 1.77. The van der Waals surface area contributed by atoms with Gasteiger partial charge in [-0.2, -0.15) is 0 Å². The van der Waals surface area contributed by atoms with Crippen molar-refractivity contribution in [2.45, 2.75) is 6.54 Å². The number of hydrogen-bond acceptors (Lipinski definition) is 3. The first-order chi connectivity index (χ1) is 11.1. The number of benzene rings is 1. The van der Waals surface area contributed by atoms with Crippen LogP contribution in [0.4, 0.5) is 0 Å². The lowest BCUT2D eigenvalue weighted by Crippen LogP contribution is -2.27. The molecule has 0 radical (unpaired) electrons. The third-order valence-corrected chi connectivity index (χ3v) is 4.89. The van der Waals surface area contributed by atoms with Crippen molar-refractivity contribution in [1.29, 1.82) is 0 Å². The van der Waals surface area contributed by atoms with Gasteiger partial charge in [-0.05, 0) is 36.5 Å². The van der Waals surface area contributed by atoms with Gasteiger partial charge in [-0.15, -0.1) is 11.3 Å². The van der Waals surface area contributed by atoms with Gasteiger partial charge in [-0.1, -0.05) is 29.8 Å². The van der Waals surface area contributed by atoms with Crippen molar-refractivity contribution in [2.24, 2.45) is 0 Å². The van der Waals surface area contributed by atoms with Crippen molar-refractivity contribution in [2.75, 3.05) is 7.05 Å². The van der Waals surface area contributed by atoms with E-state index in [9.17, 15) is 4.79 Å². The number of imidazole rings is 1. The second-order valence-corrected chi connectivity index (χ2v) is 7.20. The van der Waals surface area contributed by atoms with Crippen molar-refractivity contribution in [3.05, 3.63) is 68.3 Å². The molecule has 0 atom stereocenters. The summed E-state index contributed by atoms with van der Waals surface area (Å²) in [6.07, 6.45) is 1.65. The predicted molar refractivity (Wildman–Crippen MR) is 96.1 cm³/mol. The third kappa shape index (κ3) is 3.39. The largest absolute Gasteiger partial charge is 0.336 e. The van der Waals surface area contributed by atoms with Crippen molar-refractivity contribution in [1.82, 2.24) is 14.5 Å². The van der Waals surface area contributed by atoms with E-state index in [4.69, 9.17) is 23.8 Å². The molecule has 3 aromatic rings. The first-order valence-corrected chi connectivity index (χ1v) is 8.52. The van der Waals surface area contributed by atoms with Crippen molar-refractivity contribution in [3.63, 3.8) is 0 Å². The number of hydrogen-bond donors (Lipinski definition) is 1. The van der Waals surface area contributed by atoms with E-state index in [1.54, 1.807) is 22.7 Å². The van der Waals surface area contributed by atoms with Crippen LogP contribution in [0, 0.1) is 4.77 Å². The molecule has 0 fully saturated rings. The van der Waals surface area contributed by atoms with E-state index in [0.29, 0.717) is 17.0 Å². The number of H-pyrrole nitrogens is 1. The van der Waals surface area contributed by atoms with Gasteiger partial charge in [-0.3, -0.25) is 9.36 Å². The number of nitrogens with one attached hydrogen (secondary N) is 1. The smallest absolute Gasteiger partial charge is 0.272 e. The normalized spacial score (nSPS) is 10.7. The van der Waals surface area contributed by atoms with Crippen molar-refractivity contribution < 1.29 is 4.79 Å². The minimum Gasteiger partial charge on any atom is -0.336 e. The zero-order chi connectivity index (χ0) is 16.4. The van der Waals surface area contributed by atoms with Gasteiger partial charge in [0, 0.05) is 23.8 Å². The van der Waals surface area contributed by atoms with Gasteiger partial charge < -0.3 is 9.88 Å². The standard InChI is InChI=1S/C16H14ClN3OS2/c1-19(10-12-7-8-14(17)23-12)15(21)13-9-18-16(22)20(13)11-5-3-2-4-6-11/h2-9H,10H2,1H3,(H,18,22). The lowest BCUT2D eigenvalue weighted by molar-refractivity contribution is 0.0778. The molecule has 0 aliphatic carbocycles. The maximum Gasteiger partial charge on any atom is 0.272 e. The molecule has 0 spiro atoms. The Balaban J connectivity index is 1.90. The third-order valence-electron chi connectivity index (χ3n) is 3.38. The number of carbonyl (C=O) groups is 1. The van der Waals surface area contributed by atoms with Crippen LogP contribution in [0.1, 0.15) is 15.4 Å². The minimum atomic E-state index is -0.106. The van der Waals surface area contributed by atoms with E-state index in [1.807, 2.05) is 42.5 Å². The number of aromatic nitrogens is 2. The Morgan fingerprint density at radius 3 is 2.70 bits per heavy atom. The Morgan fingerprint density at radius 1 is 1.30 bits per heavy atom. The predicted octanol–water partition coefficient (Wildman–Crippen LogP) is 4.52. The van der Waals surface area contributed by atoms with E-state index in [0.717, 1.165) is 14.9 Å². The molecule has 2 heterocycles. The van der Waals surface area contributed by atoms with Crippen LogP contribution in [0.5, 0.6) is 0 Å². The Morgan fingerprint density at radius 2 is 2.04 bits per heavy atom. The van der Waals surface area contributed by atoms with Gasteiger partial charge in [-0.25, -0.2) is 0 Å². The van der Waals surface area contributed by atoms with Crippen LogP contribution in [0.2, 0.25) is 4.34 Å². The van der Waals surface area contributed by atoms with Gasteiger partial charge >= 0.3 is 0 Å². The quantitative estimate of drug-likeness (QED) is 0.692. The Labute approximate surface area is 148 Å². The lowest BCUT2D eigenvalue weighted by Gasteiger charge is -2.17. The number of nitrogens with zero attached hydrogens (tertiary/aromatic N) is 2. The summed E-state index contributed by atoms with van der Waals surface area (Å²) >= 11 is 12.7. The zero-order valence-electron chi connectivity index (χ0n) is 12.3. The average Bonchev–Trinajstić information content (AvgIpc) is 3.13. The fraction of sp³-hybridized carbons (Fsp3) is 0.125. The van der Waals surface area contributed by atoms with Gasteiger partial charge in [0.2, 0.25) is 0 Å². The van der Waals surface area contributed by atoms with Gasteiger partial charge in [0.25, 0.3) is 5.91 Å². The van der Waals surface area contributed by atoms with Crippen LogP contribution >= 0.6 is 35.2 Å². The van der Waals surface area contributed by atoms with Gasteiger partial charge in [0.1, 0.15) is 5.69 Å². The molecule has 0 aliphatic rings. The summed E-state index contributed by atoms with van der Waals surface area (Å²) in [4.78, 5) is 18.4. The van der Waals surface area contributed by atoms with E-state index in [2.05, 4.69) is 4.98 Å². The van der Waals surface area contributed by atoms with Crippen LogP contribution in [0.15, 0.2) is 48.7 Å². The van der Waals surface area contributed by atoms with E-state index in [-0.39, 0.29) is 5.91 Å². The first kappa shape index (κ1) is 16.0. The highest BCUT2D eigenvalue weighted by atomic mass is 35.5. The Kier molecular flexibility index (Phi) is 4.66. The van der Waals surface area contributed by atoms with Crippen molar-refractivity contribution >= 4 is 41.1 Å². The highest BCUT2D eigenvalue weighted by Crippen LogP contribution is 2.23. The Hall–Kier alpha value is -1.89. The number of para-hydroxylation sites is 1. The minimum absolute atomic E-state index is 0.106. The maximum atomic E-state index is 12.8. The molecule has 3 rings (SSSR count). The summed E-state index contributed by atoms with van der Waals surface area (Å²) in [5.41, 5.74) is 1.36. The molecule has 23 heavy (non-hydrogen) atoms. The molecular formula is C16H14ClN3OS2. The molecule has 0 saturated heterocycles. The van der Waals surface area contributed by atoms with E-state index >= 15 is 0 Å². The molecule has 4 nitrogen and oxygen atoms in total. The van der Waals surface area contributed by atoms with Crippen molar-refractivity contribution in [3.8, 4) is 5.69 Å². The topological polar surface area (TPSA) is 41.0 Å². The molecule has 0 saturated carbocycles. The number of thiophene rings is 1.